The van der Waals surface area contributed by atoms with Crippen molar-refractivity contribution in [2.45, 2.75) is 33.0 Å². The molecule has 0 amide bonds. The summed E-state index contributed by atoms with van der Waals surface area (Å²) in [4.78, 5) is 0. The Labute approximate surface area is 83.6 Å². The molecule has 80 valence electrons. The number of nitrogens with one attached hydrogen (secondary N) is 1. The molecule has 6 nitrogen and oxygen atoms in total. The lowest BCUT2D eigenvalue weighted by Gasteiger charge is -2.07. The normalized spacial score (nSPS) is 11.1. The smallest absolute Gasteiger partial charge is 0.165 e. The zero-order chi connectivity index (χ0) is 10.4. The van der Waals surface area contributed by atoms with Crippen molar-refractivity contribution in [2.75, 3.05) is 13.7 Å². The summed E-state index contributed by atoms with van der Waals surface area (Å²) in [6, 6.07) is 0. The molecule has 0 unspecified atom stereocenters. The summed E-state index contributed by atoms with van der Waals surface area (Å²) in [5, 5.41) is 14.4. The van der Waals surface area contributed by atoms with Crippen LogP contribution in [-0.2, 0) is 17.8 Å². The summed E-state index contributed by atoms with van der Waals surface area (Å²) < 4.78 is 7.16. The lowest BCUT2D eigenvalue weighted by atomic mass is 10.5. The van der Waals surface area contributed by atoms with Crippen LogP contribution in [0.5, 0.6) is 0 Å². The van der Waals surface area contributed by atoms with E-state index >= 15 is 0 Å². The zero-order valence-corrected chi connectivity index (χ0v) is 8.90. The Hall–Kier alpha value is -1.01. The lowest BCUT2D eigenvalue weighted by molar-refractivity contribution is 0.0701. The van der Waals surface area contributed by atoms with Gasteiger partial charge in [0.15, 0.2) is 5.82 Å². The highest BCUT2D eigenvalue weighted by Crippen LogP contribution is 1.93. The second-order valence-electron chi connectivity index (χ2n) is 3.27. The highest BCUT2D eigenvalue weighted by molar-refractivity contribution is 4.78. The number of hydrogen-bond acceptors (Lipinski definition) is 5. The zero-order valence-electron chi connectivity index (χ0n) is 8.90. The average molecular weight is 199 g/mol. The molecule has 0 radical (unpaired) electrons. The van der Waals surface area contributed by atoms with Crippen molar-refractivity contribution in [1.82, 2.24) is 25.5 Å². The largest absolute Gasteiger partial charge is 0.377 e. The Kier molecular flexibility index (Phi) is 4.48. The van der Waals surface area contributed by atoms with E-state index in [0.29, 0.717) is 19.7 Å². The fraction of sp³-hybridized carbons (Fsp3) is 0.875. The predicted molar refractivity (Wildman–Crippen MR) is 51.7 cm³/mol. The maximum absolute atomic E-state index is 5.41. The first kappa shape index (κ1) is 11.1. The van der Waals surface area contributed by atoms with Crippen LogP contribution in [0.3, 0.4) is 0 Å². The Morgan fingerprint density at radius 3 is 2.93 bits per heavy atom. The Balaban J connectivity index is 2.37. The third kappa shape index (κ3) is 3.39. The Morgan fingerprint density at radius 2 is 2.29 bits per heavy atom. The Bertz CT molecular complexity index is 260. The molecule has 0 fully saturated rings. The number of hydrogen-bond donors (Lipinski definition) is 1. The Morgan fingerprint density at radius 1 is 1.50 bits per heavy atom. The van der Waals surface area contributed by atoms with Gasteiger partial charge in [-0.25, -0.2) is 4.68 Å². The van der Waals surface area contributed by atoms with Crippen molar-refractivity contribution in [2.24, 2.45) is 0 Å². The number of rotatable bonds is 6. The van der Waals surface area contributed by atoms with E-state index in [4.69, 9.17) is 4.74 Å². The summed E-state index contributed by atoms with van der Waals surface area (Å²) in [7, 11) is 1.86. The molecule has 1 heterocycles. The third-order valence-electron chi connectivity index (χ3n) is 1.70. The van der Waals surface area contributed by atoms with Crippen LogP contribution in [0.4, 0.5) is 0 Å². The molecule has 0 aliphatic heterocycles. The van der Waals surface area contributed by atoms with E-state index in [1.54, 1.807) is 4.68 Å². The molecule has 1 aromatic rings. The molecule has 14 heavy (non-hydrogen) atoms. The molecule has 0 bridgehead atoms. The molecule has 1 N–H and O–H groups in total. The SMILES string of the molecule is CNCc1nnnn1CCOC(C)C. The van der Waals surface area contributed by atoms with E-state index in [1.165, 1.54) is 0 Å². The standard InChI is InChI=1S/C8H17N5O/c1-7(2)14-5-4-13-8(6-9-3)10-11-12-13/h7,9H,4-6H2,1-3H3. The van der Waals surface area contributed by atoms with Gasteiger partial charge in [0.25, 0.3) is 0 Å². The minimum absolute atomic E-state index is 0.249. The minimum atomic E-state index is 0.249. The molecule has 0 saturated heterocycles. The predicted octanol–water partition coefficient (Wildman–Crippen LogP) is -0.183. The van der Waals surface area contributed by atoms with Crippen LogP contribution in [0, 0.1) is 0 Å². The van der Waals surface area contributed by atoms with Crippen LogP contribution in [0.25, 0.3) is 0 Å². The van der Waals surface area contributed by atoms with Gasteiger partial charge >= 0.3 is 0 Å². The monoisotopic (exact) mass is 199 g/mol. The van der Waals surface area contributed by atoms with Crippen LogP contribution in [0.2, 0.25) is 0 Å². The van der Waals surface area contributed by atoms with E-state index in [0.717, 1.165) is 5.82 Å². The molecule has 0 saturated carbocycles. The van der Waals surface area contributed by atoms with E-state index in [2.05, 4.69) is 20.8 Å². The fourth-order valence-electron chi connectivity index (χ4n) is 1.06. The molecule has 1 aromatic heterocycles. The highest BCUT2D eigenvalue weighted by atomic mass is 16.5. The van der Waals surface area contributed by atoms with Gasteiger partial charge in [-0.3, -0.25) is 0 Å². The molecular weight excluding hydrogens is 182 g/mol. The first-order valence-corrected chi connectivity index (χ1v) is 4.75. The van der Waals surface area contributed by atoms with Gasteiger partial charge in [0.1, 0.15) is 0 Å². The van der Waals surface area contributed by atoms with E-state index in [-0.39, 0.29) is 6.10 Å². The average Bonchev–Trinajstić information content (AvgIpc) is 2.53. The number of aromatic nitrogens is 4. The second kappa shape index (κ2) is 5.66. The van der Waals surface area contributed by atoms with Crippen molar-refractivity contribution in [3.8, 4) is 0 Å². The third-order valence-corrected chi connectivity index (χ3v) is 1.70. The van der Waals surface area contributed by atoms with Gasteiger partial charge in [-0.15, -0.1) is 5.10 Å². The van der Waals surface area contributed by atoms with Crippen molar-refractivity contribution in [3.05, 3.63) is 5.82 Å². The van der Waals surface area contributed by atoms with Crippen molar-refractivity contribution >= 4 is 0 Å². The summed E-state index contributed by atoms with van der Waals surface area (Å²) in [6.07, 6.45) is 0.249. The molecule has 1 rings (SSSR count). The lowest BCUT2D eigenvalue weighted by Crippen LogP contribution is -2.17. The van der Waals surface area contributed by atoms with E-state index in [9.17, 15) is 0 Å². The maximum Gasteiger partial charge on any atom is 0.165 e. The van der Waals surface area contributed by atoms with Crippen LogP contribution in [0.15, 0.2) is 0 Å². The summed E-state index contributed by atoms with van der Waals surface area (Å²) >= 11 is 0. The van der Waals surface area contributed by atoms with Crippen LogP contribution >= 0.6 is 0 Å². The van der Waals surface area contributed by atoms with Gasteiger partial charge in [0.2, 0.25) is 0 Å². The molecule has 0 aromatic carbocycles. The molecule has 0 aliphatic carbocycles. The topological polar surface area (TPSA) is 64.9 Å². The van der Waals surface area contributed by atoms with Crippen LogP contribution < -0.4 is 5.32 Å². The molecule has 0 spiro atoms. The summed E-state index contributed by atoms with van der Waals surface area (Å²) in [5.41, 5.74) is 0. The first-order valence-electron chi connectivity index (χ1n) is 4.75. The number of nitrogens with zero attached hydrogens (tertiary/aromatic N) is 4. The van der Waals surface area contributed by atoms with Gasteiger partial charge in [-0.2, -0.15) is 0 Å². The summed E-state index contributed by atoms with van der Waals surface area (Å²) in [6.45, 7) is 6.03. The number of ether oxygens (including phenoxy) is 1. The van der Waals surface area contributed by atoms with Gasteiger partial charge in [-0.05, 0) is 31.3 Å². The second-order valence-corrected chi connectivity index (χ2v) is 3.27. The van der Waals surface area contributed by atoms with Gasteiger partial charge in [0, 0.05) is 0 Å². The van der Waals surface area contributed by atoms with Crippen molar-refractivity contribution in [1.29, 1.82) is 0 Å². The van der Waals surface area contributed by atoms with Gasteiger partial charge in [0.05, 0.1) is 25.8 Å². The van der Waals surface area contributed by atoms with Gasteiger partial charge in [-0.1, -0.05) is 0 Å². The number of tetrazole rings is 1. The molecular formula is C8H17N5O. The molecule has 0 atom stereocenters. The van der Waals surface area contributed by atoms with E-state index < -0.39 is 0 Å². The molecule has 0 aliphatic rings. The van der Waals surface area contributed by atoms with Crippen LogP contribution in [-0.4, -0.2) is 40.0 Å². The van der Waals surface area contributed by atoms with Crippen molar-refractivity contribution in [3.63, 3.8) is 0 Å². The summed E-state index contributed by atoms with van der Waals surface area (Å²) in [5.74, 6) is 0.833. The maximum atomic E-state index is 5.41. The van der Waals surface area contributed by atoms with Crippen molar-refractivity contribution < 1.29 is 4.74 Å². The quantitative estimate of drug-likeness (QED) is 0.688. The van der Waals surface area contributed by atoms with E-state index in [1.807, 2.05) is 20.9 Å². The van der Waals surface area contributed by atoms with Crippen LogP contribution in [0.1, 0.15) is 19.7 Å². The fourth-order valence-corrected chi connectivity index (χ4v) is 1.06. The first-order chi connectivity index (χ1) is 6.74. The highest BCUT2D eigenvalue weighted by Gasteiger charge is 2.04. The minimum Gasteiger partial charge on any atom is -0.377 e. The van der Waals surface area contributed by atoms with Gasteiger partial charge < -0.3 is 10.1 Å². The molecule has 6 heteroatoms.